The first kappa shape index (κ1) is 48.4. The second kappa shape index (κ2) is 35.1. The van der Waals surface area contributed by atoms with Gasteiger partial charge in [-0.1, -0.05) is 20.3 Å². The maximum absolute atomic E-state index is 10.6. The van der Waals surface area contributed by atoms with Gasteiger partial charge in [0.2, 0.25) is 0 Å². The molecule has 1 N–H and O–H groups in total. The quantitative estimate of drug-likeness (QED) is 0.392. The molecular formula is C36H81N7O4. The molecule has 11 heteroatoms. The second-order valence-electron chi connectivity index (χ2n) is 13.6. The summed E-state index contributed by atoms with van der Waals surface area (Å²) < 4.78 is 10.0. The number of carbonyl (C=O) groups is 1. The number of morpholine rings is 1. The fraction of sp³-hybridized carbons (Fsp3) is 0.972. The molecule has 47 heavy (non-hydrogen) atoms. The number of nitrogens with zero attached hydrogens (tertiary/aromatic N) is 7. The van der Waals surface area contributed by atoms with Gasteiger partial charge in [-0.3, -0.25) is 9.69 Å². The monoisotopic (exact) mass is 676 g/mol. The summed E-state index contributed by atoms with van der Waals surface area (Å²) in [5.74, 6) is 0.388. The number of ketones is 1. The molecule has 4 aliphatic heterocycles. The summed E-state index contributed by atoms with van der Waals surface area (Å²) in [4.78, 5) is 26.5. The minimum absolute atomic E-state index is 0.274. The molecule has 284 valence electrons. The van der Waals surface area contributed by atoms with Crippen molar-refractivity contribution in [2.75, 3.05) is 174 Å². The Labute approximate surface area is 292 Å². The molecule has 4 rings (SSSR count). The van der Waals surface area contributed by atoms with Crippen LogP contribution in [0.5, 0.6) is 0 Å². The van der Waals surface area contributed by atoms with Crippen LogP contribution in [0, 0.1) is 0 Å². The largest absolute Gasteiger partial charge is 0.395 e. The number of ether oxygens (including phenoxy) is 2. The molecule has 4 saturated heterocycles. The van der Waals surface area contributed by atoms with Crippen molar-refractivity contribution in [3.8, 4) is 0 Å². The topological polar surface area (TPSA) is 78.4 Å². The molecule has 0 aliphatic carbocycles. The van der Waals surface area contributed by atoms with E-state index >= 15 is 0 Å². The Morgan fingerprint density at radius 3 is 1.40 bits per heavy atom. The van der Waals surface area contributed by atoms with Crippen molar-refractivity contribution in [1.82, 2.24) is 34.3 Å². The minimum atomic E-state index is 0.274. The van der Waals surface area contributed by atoms with Crippen molar-refractivity contribution in [3.63, 3.8) is 0 Å². The molecule has 0 amide bonds. The number of aliphatic hydroxyl groups excluding tert-OH is 1. The molecule has 0 aromatic rings. The van der Waals surface area contributed by atoms with Gasteiger partial charge in [-0.05, 0) is 114 Å². The second-order valence-corrected chi connectivity index (χ2v) is 13.6. The molecule has 0 aromatic heterocycles. The third kappa shape index (κ3) is 36.4. The Hall–Kier alpha value is -0.730. The van der Waals surface area contributed by atoms with Crippen LogP contribution >= 0.6 is 0 Å². The molecule has 4 heterocycles. The van der Waals surface area contributed by atoms with E-state index < -0.39 is 0 Å². The molecule has 0 aromatic carbocycles. The number of hydrogen-bond donors (Lipinski definition) is 1. The number of piperazine rings is 1. The Balaban J connectivity index is 0. The molecule has 4 fully saturated rings. The van der Waals surface area contributed by atoms with Crippen LogP contribution in [0.4, 0.5) is 0 Å². The highest BCUT2D eigenvalue weighted by Crippen LogP contribution is 2.04. The van der Waals surface area contributed by atoms with Crippen molar-refractivity contribution in [1.29, 1.82) is 0 Å². The molecule has 0 saturated carbocycles. The van der Waals surface area contributed by atoms with Crippen LogP contribution in [-0.4, -0.2) is 220 Å². The first-order chi connectivity index (χ1) is 22.5. The number of Topliss-reactive ketones (excluding diaryl/α,β-unsaturated/α-hetero) is 1. The van der Waals surface area contributed by atoms with E-state index in [1.165, 1.54) is 71.5 Å². The van der Waals surface area contributed by atoms with Crippen molar-refractivity contribution >= 4 is 5.78 Å². The van der Waals surface area contributed by atoms with Gasteiger partial charge in [0.25, 0.3) is 0 Å². The highest BCUT2D eigenvalue weighted by atomic mass is 16.5. The Morgan fingerprint density at radius 2 is 1.09 bits per heavy atom. The average Bonchev–Trinajstić information content (AvgIpc) is 3.04. The van der Waals surface area contributed by atoms with Gasteiger partial charge in [-0.25, -0.2) is 0 Å². The number of carbonyl (C=O) groups excluding carboxylic acids is 1. The lowest BCUT2D eigenvalue weighted by Gasteiger charge is -2.28. The molecule has 0 spiro atoms. The van der Waals surface area contributed by atoms with Crippen LogP contribution in [0.3, 0.4) is 0 Å². The van der Waals surface area contributed by atoms with Crippen LogP contribution in [0.2, 0.25) is 0 Å². The smallest absolute Gasteiger partial charge is 0.146 e. The zero-order valence-electron chi connectivity index (χ0n) is 33.0. The summed E-state index contributed by atoms with van der Waals surface area (Å²) in [6, 6.07) is 0. The van der Waals surface area contributed by atoms with Gasteiger partial charge in [0.05, 0.1) is 33.0 Å². The lowest BCUT2D eigenvalue weighted by molar-refractivity contribution is -0.121. The minimum Gasteiger partial charge on any atom is -0.395 e. The lowest BCUT2D eigenvalue weighted by atomic mass is 10.1. The molecule has 0 bridgehead atoms. The fourth-order valence-electron chi connectivity index (χ4n) is 5.02. The highest BCUT2D eigenvalue weighted by Gasteiger charge is 2.11. The summed E-state index contributed by atoms with van der Waals surface area (Å²) in [6.45, 7) is 22.9. The molecular weight excluding hydrogens is 594 g/mol. The zero-order chi connectivity index (χ0) is 35.7. The highest BCUT2D eigenvalue weighted by molar-refractivity contribution is 5.81. The van der Waals surface area contributed by atoms with Gasteiger partial charge in [0.1, 0.15) is 5.78 Å². The molecule has 11 nitrogen and oxygen atoms in total. The van der Waals surface area contributed by atoms with Crippen LogP contribution in [-0.2, 0) is 14.3 Å². The number of likely N-dealkylation sites (N-methyl/N-ethyl adjacent to an activating group) is 6. The van der Waals surface area contributed by atoms with E-state index in [9.17, 15) is 4.79 Å². The van der Waals surface area contributed by atoms with Gasteiger partial charge >= 0.3 is 0 Å². The summed E-state index contributed by atoms with van der Waals surface area (Å²) in [6.07, 6.45) is 8.51. The first-order valence-corrected chi connectivity index (χ1v) is 18.5. The first-order valence-electron chi connectivity index (χ1n) is 18.5. The summed E-state index contributed by atoms with van der Waals surface area (Å²) >= 11 is 0. The van der Waals surface area contributed by atoms with Gasteiger partial charge in [0, 0.05) is 65.9 Å². The number of methoxy groups -OCH3 is 1. The number of rotatable bonds is 9. The van der Waals surface area contributed by atoms with E-state index in [1.807, 2.05) is 14.1 Å². The van der Waals surface area contributed by atoms with Crippen molar-refractivity contribution in [2.45, 2.75) is 58.8 Å². The number of hydrogen-bond acceptors (Lipinski definition) is 11. The summed E-state index contributed by atoms with van der Waals surface area (Å²) in [7, 11) is 16.5. The summed E-state index contributed by atoms with van der Waals surface area (Å²) in [5.41, 5.74) is 0. The number of piperidine rings is 2. The molecule has 0 atom stereocenters. The third-order valence-electron chi connectivity index (χ3n) is 8.35. The standard InChI is InChI=1S/C7H17NO.C6H14N2.C6H11NO.C6H15NO.C6H13N.C5H11NO/c1-4-5-8(2)6-7-9-3;1-7-3-5-8(2)6-4-7;1-7-4-2-3-6(8)5-7;1-3-4-7(2)5-6-8;1-7-5-3-2-4-6-7;1-6-2-4-7-5-3-6/h4-7H2,1-3H3;3-6H2,1-2H3;2-5H2,1H3;8H,3-6H2,1-2H3;2-6H2,1H3;2-5H2,1H3. The zero-order valence-corrected chi connectivity index (χ0v) is 33.0. The normalized spacial score (nSPS) is 19.9. The third-order valence-corrected chi connectivity index (χ3v) is 8.35. The lowest BCUT2D eigenvalue weighted by Crippen LogP contribution is -2.42. The van der Waals surface area contributed by atoms with E-state index in [4.69, 9.17) is 14.6 Å². The van der Waals surface area contributed by atoms with Crippen LogP contribution in [0.1, 0.15) is 58.8 Å². The maximum Gasteiger partial charge on any atom is 0.146 e. The Bertz CT molecular complexity index is 613. The predicted molar refractivity (Wildman–Crippen MR) is 201 cm³/mol. The van der Waals surface area contributed by atoms with E-state index in [2.05, 4.69) is 83.4 Å². The van der Waals surface area contributed by atoms with E-state index in [-0.39, 0.29) is 6.61 Å². The van der Waals surface area contributed by atoms with Crippen molar-refractivity contribution in [3.05, 3.63) is 0 Å². The molecule has 4 aliphatic rings. The Kier molecular flexibility index (Phi) is 36.1. The number of aliphatic hydroxyl groups is 1. The molecule has 0 unspecified atom stereocenters. The van der Waals surface area contributed by atoms with Crippen LogP contribution < -0.4 is 0 Å². The SMILES string of the molecule is CCCN(C)CCO.CCCN(C)CCOC.CN1CCCC(=O)C1.CN1CCCCC1.CN1CCN(C)CC1.CN1CCOCC1. The van der Waals surface area contributed by atoms with E-state index in [1.54, 1.807) is 7.11 Å². The Morgan fingerprint density at radius 1 is 0.638 bits per heavy atom. The van der Waals surface area contributed by atoms with Gasteiger partial charge < -0.3 is 44.0 Å². The van der Waals surface area contributed by atoms with Gasteiger partial charge in [0.15, 0.2) is 0 Å². The average molecular weight is 676 g/mol. The van der Waals surface area contributed by atoms with Crippen molar-refractivity contribution in [2.24, 2.45) is 0 Å². The maximum atomic E-state index is 10.6. The van der Waals surface area contributed by atoms with Gasteiger partial charge in [-0.2, -0.15) is 0 Å². The van der Waals surface area contributed by atoms with E-state index in [0.29, 0.717) is 12.3 Å². The van der Waals surface area contributed by atoms with Crippen molar-refractivity contribution < 1.29 is 19.4 Å². The van der Waals surface area contributed by atoms with E-state index in [0.717, 1.165) is 78.4 Å². The summed E-state index contributed by atoms with van der Waals surface area (Å²) in [5, 5.41) is 8.42. The van der Waals surface area contributed by atoms with Crippen LogP contribution in [0.15, 0.2) is 0 Å². The van der Waals surface area contributed by atoms with Crippen LogP contribution in [0.25, 0.3) is 0 Å². The predicted octanol–water partition coefficient (Wildman–Crippen LogP) is 2.49. The molecule has 0 radical (unpaired) electrons. The number of likely N-dealkylation sites (tertiary alicyclic amines) is 2. The fourth-order valence-corrected chi connectivity index (χ4v) is 5.02. The van der Waals surface area contributed by atoms with Gasteiger partial charge in [-0.15, -0.1) is 0 Å².